The quantitative estimate of drug-likeness (QED) is 0.483. The molecule has 0 atom stereocenters. The van der Waals surface area contributed by atoms with Crippen molar-refractivity contribution in [1.29, 1.82) is 0 Å². The second-order valence-corrected chi connectivity index (χ2v) is 1.38. The van der Waals surface area contributed by atoms with Crippen molar-refractivity contribution in [3.63, 3.8) is 0 Å². The Morgan fingerprint density at radius 2 is 2.43 bits per heavy atom. The number of hydrogen-bond donors (Lipinski definition) is 0. The Bertz CT molecular complexity index is 140. The zero-order chi connectivity index (χ0) is 5.28. The number of aryl methyl sites for hydroxylation is 1. The van der Waals surface area contributed by atoms with Gasteiger partial charge in [-0.05, 0) is 6.92 Å². The van der Waals surface area contributed by atoms with Crippen LogP contribution < -0.4 is 0 Å². The molecule has 0 aliphatic rings. The van der Waals surface area contributed by atoms with E-state index < -0.39 is 0 Å². The van der Waals surface area contributed by atoms with Crippen molar-refractivity contribution in [2.75, 3.05) is 0 Å². The van der Waals surface area contributed by atoms with Crippen molar-refractivity contribution in [1.82, 2.24) is 0 Å². The molecular formula is C5H5FO. The van der Waals surface area contributed by atoms with Crippen molar-refractivity contribution in [3.8, 4) is 0 Å². The summed E-state index contributed by atoms with van der Waals surface area (Å²) in [6, 6.07) is 1.33. The van der Waals surface area contributed by atoms with E-state index >= 15 is 0 Å². The summed E-state index contributed by atoms with van der Waals surface area (Å²) in [5.41, 5.74) is 0. The van der Waals surface area contributed by atoms with E-state index in [-0.39, 0.29) is 5.82 Å². The minimum atomic E-state index is -0.308. The summed E-state index contributed by atoms with van der Waals surface area (Å²) in [6.07, 6.45) is 1.08. The summed E-state index contributed by atoms with van der Waals surface area (Å²) in [7, 11) is 0. The second-order valence-electron chi connectivity index (χ2n) is 1.38. The smallest absolute Gasteiger partial charge is 0.161 e. The number of furan rings is 1. The molecule has 0 aliphatic carbocycles. The predicted octanol–water partition coefficient (Wildman–Crippen LogP) is 1.73. The molecule has 0 aromatic carbocycles. The maximum Gasteiger partial charge on any atom is 0.161 e. The molecule has 0 N–H and O–H groups in total. The van der Waals surface area contributed by atoms with Crippen molar-refractivity contribution >= 4 is 0 Å². The maximum absolute atomic E-state index is 11.8. The van der Waals surface area contributed by atoms with Gasteiger partial charge in [-0.2, -0.15) is 0 Å². The first-order valence-electron chi connectivity index (χ1n) is 1.99. The molecule has 1 nitrogen and oxygen atoms in total. The molecule has 0 bridgehead atoms. The Kier molecular flexibility index (Phi) is 0.855. The van der Waals surface area contributed by atoms with Gasteiger partial charge in [0.15, 0.2) is 5.82 Å². The molecule has 0 aliphatic heterocycles. The zero-order valence-corrected chi connectivity index (χ0v) is 3.94. The van der Waals surface area contributed by atoms with E-state index in [1.165, 1.54) is 6.07 Å². The first kappa shape index (κ1) is 4.37. The SMILES string of the molecule is Cc1cc(F)co1. The maximum atomic E-state index is 11.8. The van der Waals surface area contributed by atoms with Gasteiger partial charge >= 0.3 is 0 Å². The summed E-state index contributed by atoms with van der Waals surface area (Å²) in [5, 5.41) is 0. The van der Waals surface area contributed by atoms with Crippen LogP contribution in [0.5, 0.6) is 0 Å². The highest BCUT2D eigenvalue weighted by Crippen LogP contribution is 2.01. The van der Waals surface area contributed by atoms with Crippen LogP contribution in [0.15, 0.2) is 16.7 Å². The van der Waals surface area contributed by atoms with Crippen LogP contribution in [0.1, 0.15) is 5.76 Å². The molecule has 1 rings (SSSR count). The molecule has 0 fully saturated rings. The lowest BCUT2D eigenvalue weighted by molar-refractivity contribution is 0.511. The minimum Gasteiger partial charge on any atom is -0.466 e. The van der Waals surface area contributed by atoms with E-state index in [1.54, 1.807) is 6.92 Å². The van der Waals surface area contributed by atoms with Crippen molar-refractivity contribution in [2.45, 2.75) is 6.92 Å². The van der Waals surface area contributed by atoms with Gasteiger partial charge in [-0.3, -0.25) is 0 Å². The molecule has 0 amide bonds. The lowest BCUT2D eigenvalue weighted by Crippen LogP contribution is -1.54. The van der Waals surface area contributed by atoms with Gasteiger partial charge in [-0.15, -0.1) is 0 Å². The van der Waals surface area contributed by atoms with Gasteiger partial charge in [-0.1, -0.05) is 0 Å². The van der Waals surface area contributed by atoms with Gasteiger partial charge < -0.3 is 4.42 Å². The fourth-order valence-electron chi connectivity index (χ4n) is 0.411. The average Bonchev–Trinajstić information content (AvgIpc) is 1.87. The highest BCUT2D eigenvalue weighted by atomic mass is 19.1. The Balaban J connectivity index is 3.04. The molecule has 0 unspecified atom stereocenters. The highest BCUT2D eigenvalue weighted by Gasteiger charge is 1.90. The molecule has 0 saturated carbocycles. The fraction of sp³-hybridized carbons (Fsp3) is 0.200. The van der Waals surface area contributed by atoms with Gasteiger partial charge in [0.05, 0.1) is 0 Å². The molecule has 0 spiro atoms. The van der Waals surface area contributed by atoms with Gasteiger partial charge in [0.25, 0.3) is 0 Å². The molecule has 0 radical (unpaired) electrons. The second kappa shape index (κ2) is 1.37. The largest absolute Gasteiger partial charge is 0.466 e. The highest BCUT2D eigenvalue weighted by molar-refractivity contribution is 4.97. The zero-order valence-electron chi connectivity index (χ0n) is 3.94. The Morgan fingerprint density at radius 1 is 1.71 bits per heavy atom. The topological polar surface area (TPSA) is 13.1 Å². The summed E-state index contributed by atoms with van der Waals surface area (Å²) < 4.78 is 16.4. The lowest BCUT2D eigenvalue weighted by Gasteiger charge is -1.68. The summed E-state index contributed by atoms with van der Waals surface area (Å²) in [5.74, 6) is 0.301. The summed E-state index contributed by atoms with van der Waals surface area (Å²) >= 11 is 0. The van der Waals surface area contributed by atoms with Crippen LogP contribution in [-0.4, -0.2) is 0 Å². The van der Waals surface area contributed by atoms with E-state index in [9.17, 15) is 4.39 Å². The third-order valence-electron chi connectivity index (χ3n) is 0.699. The Morgan fingerprint density at radius 3 is 2.57 bits per heavy atom. The molecule has 1 aromatic heterocycles. The van der Waals surface area contributed by atoms with Crippen LogP contribution >= 0.6 is 0 Å². The third kappa shape index (κ3) is 0.796. The van der Waals surface area contributed by atoms with E-state index in [0.717, 1.165) is 6.26 Å². The first-order chi connectivity index (χ1) is 3.29. The normalized spacial score (nSPS) is 9.43. The molecule has 1 heterocycles. The van der Waals surface area contributed by atoms with Gasteiger partial charge in [0.2, 0.25) is 0 Å². The predicted molar refractivity (Wildman–Crippen MR) is 23.4 cm³/mol. The van der Waals surface area contributed by atoms with E-state index in [0.29, 0.717) is 5.76 Å². The first-order valence-corrected chi connectivity index (χ1v) is 1.99. The lowest BCUT2D eigenvalue weighted by atomic mass is 10.5. The number of hydrogen-bond acceptors (Lipinski definition) is 1. The van der Waals surface area contributed by atoms with Crippen LogP contribution in [0.2, 0.25) is 0 Å². The average molecular weight is 100 g/mol. The standard InChI is InChI=1S/C5H5FO/c1-4-2-5(6)3-7-4/h2-3H,1H3. The summed E-state index contributed by atoms with van der Waals surface area (Å²) in [4.78, 5) is 0. The molecule has 7 heavy (non-hydrogen) atoms. The van der Waals surface area contributed by atoms with Crippen LogP contribution in [0.25, 0.3) is 0 Å². The van der Waals surface area contributed by atoms with Gasteiger partial charge in [0.1, 0.15) is 12.0 Å². The van der Waals surface area contributed by atoms with Crippen LogP contribution in [0, 0.1) is 12.7 Å². The molecule has 38 valence electrons. The van der Waals surface area contributed by atoms with Crippen molar-refractivity contribution < 1.29 is 8.81 Å². The molecule has 1 aromatic rings. The monoisotopic (exact) mass is 100 g/mol. The molecule has 2 heteroatoms. The van der Waals surface area contributed by atoms with Crippen LogP contribution in [0.4, 0.5) is 4.39 Å². The van der Waals surface area contributed by atoms with Crippen LogP contribution in [-0.2, 0) is 0 Å². The van der Waals surface area contributed by atoms with Crippen LogP contribution in [0.3, 0.4) is 0 Å². The molecule has 0 saturated heterocycles. The Hall–Kier alpha value is -0.790. The Labute approximate surface area is 40.8 Å². The summed E-state index contributed by atoms with van der Waals surface area (Å²) in [6.45, 7) is 1.70. The minimum absolute atomic E-state index is 0.308. The van der Waals surface area contributed by atoms with Crippen molar-refractivity contribution in [2.24, 2.45) is 0 Å². The third-order valence-corrected chi connectivity index (χ3v) is 0.699. The number of rotatable bonds is 0. The molecular weight excluding hydrogens is 95.1 g/mol. The van der Waals surface area contributed by atoms with Gasteiger partial charge in [-0.25, -0.2) is 4.39 Å². The van der Waals surface area contributed by atoms with E-state index in [4.69, 9.17) is 0 Å². The van der Waals surface area contributed by atoms with Gasteiger partial charge in [0, 0.05) is 6.07 Å². The van der Waals surface area contributed by atoms with E-state index in [2.05, 4.69) is 4.42 Å². The van der Waals surface area contributed by atoms with E-state index in [1.807, 2.05) is 0 Å². The fourth-order valence-corrected chi connectivity index (χ4v) is 0.411. The van der Waals surface area contributed by atoms with Crippen molar-refractivity contribution in [3.05, 3.63) is 23.9 Å². The number of halogens is 1.